The summed E-state index contributed by atoms with van der Waals surface area (Å²) in [6, 6.07) is 3.82. The van der Waals surface area contributed by atoms with Gasteiger partial charge in [-0.1, -0.05) is 12.7 Å². The van der Waals surface area contributed by atoms with Crippen molar-refractivity contribution in [1.29, 1.82) is 0 Å². The molecule has 0 amide bonds. The minimum Gasteiger partial charge on any atom is -0.487 e. The van der Waals surface area contributed by atoms with Crippen LogP contribution in [0.3, 0.4) is 0 Å². The third-order valence-corrected chi connectivity index (χ3v) is 3.94. The first-order valence-corrected chi connectivity index (χ1v) is 7.93. The summed E-state index contributed by atoms with van der Waals surface area (Å²) in [4.78, 5) is 0. The molecule has 0 unspecified atom stereocenters. The highest BCUT2D eigenvalue weighted by Crippen LogP contribution is 2.34. The van der Waals surface area contributed by atoms with E-state index in [-0.39, 0.29) is 0 Å². The van der Waals surface area contributed by atoms with Crippen LogP contribution < -0.4 is 4.74 Å². The highest BCUT2D eigenvalue weighted by molar-refractivity contribution is 9.11. The van der Waals surface area contributed by atoms with Crippen molar-refractivity contribution in [3.05, 3.63) is 49.9 Å². The standard InChI is InChI=1S/C13H12Br2N4OS/c1-3-4-20-12-10(14)5-9(6-11(12)15)7-16-19-8(2)17-18-13(19)21/h3,5-7H,1,4H2,2H3,(H,18,21)/b16-7-. The third-order valence-electron chi connectivity index (χ3n) is 2.50. The largest absolute Gasteiger partial charge is 0.487 e. The fourth-order valence-corrected chi connectivity index (χ4v) is 3.24. The molecule has 5 nitrogen and oxygen atoms in total. The second-order valence-corrected chi connectivity index (χ2v) is 6.14. The number of ether oxygens (including phenoxy) is 1. The number of rotatable bonds is 5. The van der Waals surface area contributed by atoms with Crippen molar-refractivity contribution in [3.8, 4) is 5.75 Å². The van der Waals surface area contributed by atoms with Crippen molar-refractivity contribution in [1.82, 2.24) is 14.9 Å². The van der Waals surface area contributed by atoms with Gasteiger partial charge in [0.1, 0.15) is 18.2 Å². The first-order valence-electron chi connectivity index (χ1n) is 5.94. The summed E-state index contributed by atoms with van der Waals surface area (Å²) < 4.78 is 9.23. The van der Waals surface area contributed by atoms with E-state index in [1.54, 1.807) is 17.0 Å². The molecule has 0 atom stereocenters. The molecule has 0 radical (unpaired) electrons. The molecule has 0 fully saturated rings. The average molecular weight is 432 g/mol. The summed E-state index contributed by atoms with van der Waals surface area (Å²) in [5.74, 6) is 1.42. The molecule has 0 bridgehead atoms. The van der Waals surface area contributed by atoms with Gasteiger partial charge in [0.25, 0.3) is 0 Å². The minimum atomic E-state index is 0.439. The van der Waals surface area contributed by atoms with Gasteiger partial charge in [0, 0.05) is 0 Å². The molecule has 0 spiro atoms. The van der Waals surface area contributed by atoms with Crippen LogP contribution in [-0.2, 0) is 0 Å². The van der Waals surface area contributed by atoms with Gasteiger partial charge < -0.3 is 4.74 Å². The molecule has 1 N–H and O–H groups in total. The molecule has 2 rings (SSSR count). The van der Waals surface area contributed by atoms with Crippen LogP contribution in [0.4, 0.5) is 0 Å². The van der Waals surface area contributed by atoms with E-state index in [0.717, 1.165) is 20.3 Å². The molecule has 1 heterocycles. The Morgan fingerprint density at radius 2 is 2.14 bits per heavy atom. The maximum absolute atomic E-state index is 5.57. The van der Waals surface area contributed by atoms with Gasteiger partial charge in [-0.25, -0.2) is 0 Å². The number of hydrogen-bond acceptors (Lipinski definition) is 4. The van der Waals surface area contributed by atoms with Crippen LogP contribution in [0, 0.1) is 11.7 Å². The maximum atomic E-state index is 5.57. The summed E-state index contributed by atoms with van der Waals surface area (Å²) >= 11 is 12.0. The molecular formula is C13H12Br2N4OS. The van der Waals surface area contributed by atoms with Gasteiger partial charge in [0.05, 0.1) is 15.2 Å². The van der Waals surface area contributed by atoms with Gasteiger partial charge in [-0.2, -0.15) is 14.9 Å². The normalized spacial score (nSPS) is 11.0. The van der Waals surface area contributed by atoms with Crippen molar-refractivity contribution in [2.45, 2.75) is 6.92 Å². The number of H-pyrrole nitrogens is 1. The zero-order chi connectivity index (χ0) is 15.4. The second-order valence-electron chi connectivity index (χ2n) is 4.05. The number of hydrogen-bond donors (Lipinski definition) is 1. The second kappa shape index (κ2) is 7.15. The lowest BCUT2D eigenvalue weighted by molar-refractivity contribution is 0.358. The van der Waals surface area contributed by atoms with Crippen molar-refractivity contribution in [2.24, 2.45) is 5.10 Å². The topological polar surface area (TPSA) is 55.2 Å². The molecule has 1 aromatic carbocycles. The Morgan fingerprint density at radius 1 is 1.48 bits per heavy atom. The molecule has 0 aliphatic heterocycles. The van der Waals surface area contributed by atoms with Crippen LogP contribution in [0.2, 0.25) is 0 Å². The number of nitrogens with one attached hydrogen (secondary N) is 1. The molecule has 8 heteroatoms. The van der Waals surface area contributed by atoms with E-state index in [1.807, 2.05) is 19.1 Å². The van der Waals surface area contributed by atoms with Crippen LogP contribution in [0.15, 0.2) is 38.8 Å². The smallest absolute Gasteiger partial charge is 0.216 e. The van der Waals surface area contributed by atoms with Crippen LogP contribution in [0.25, 0.3) is 0 Å². The summed E-state index contributed by atoms with van der Waals surface area (Å²) in [5, 5.41) is 11.0. The van der Waals surface area contributed by atoms with Crippen LogP contribution >= 0.6 is 44.1 Å². The lowest BCUT2D eigenvalue weighted by Crippen LogP contribution is -1.97. The van der Waals surface area contributed by atoms with Gasteiger partial charge in [-0.05, 0) is 68.7 Å². The average Bonchev–Trinajstić information content (AvgIpc) is 2.75. The van der Waals surface area contributed by atoms with Gasteiger partial charge in [0.15, 0.2) is 0 Å². The fourth-order valence-electron chi connectivity index (χ4n) is 1.56. The zero-order valence-electron chi connectivity index (χ0n) is 11.1. The van der Waals surface area contributed by atoms with Crippen LogP contribution in [0.1, 0.15) is 11.4 Å². The van der Waals surface area contributed by atoms with E-state index in [9.17, 15) is 0 Å². The number of aryl methyl sites for hydroxylation is 1. The lowest BCUT2D eigenvalue weighted by Gasteiger charge is -2.09. The summed E-state index contributed by atoms with van der Waals surface area (Å²) in [7, 11) is 0. The first kappa shape index (κ1) is 16.1. The monoisotopic (exact) mass is 430 g/mol. The maximum Gasteiger partial charge on any atom is 0.216 e. The highest BCUT2D eigenvalue weighted by Gasteiger charge is 2.08. The Bertz CT molecular complexity index is 728. The fraction of sp³-hybridized carbons (Fsp3) is 0.154. The Morgan fingerprint density at radius 3 is 2.67 bits per heavy atom. The molecule has 2 aromatic rings. The van der Waals surface area contributed by atoms with Gasteiger partial charge in [0.2, 0.25) is 4.77 Å². The summed E-state index contributed by atoms with van der Waals surface area (Å²) in [6.45, 7) is 5.89. The Labute approximate surface area is 144 Å². The molecule has 0 saturated heterocycles. The van der Waals surface area contributed by atoms with E-state index < -0.39 is 0 Å². The van der Waals surface area contributed by atoms with Crippen molar-refractivity contribution < 1.29 is 4.74 Å². The van der Waals surface area contributed by atoms with Crippen molar-refractivity contribution in [2.75, 3.05) is 6.61 Å². The molecule has 0 saturated carbocycles. The van der Waals surface area contributed by atoms with Gasteiger partial charge in [-0.15, -0.1) is 0 Å². The quantitative estimate of drug-likeness (QED) is 0.438. The first-order chi connectivity index (χ1) is 10.0. The summed E-state index contributed by atoms with van der Waals surface area (Å²) in [6.07, 6.45) is 3.39. The Balaban J connectivity index is 2.30. The van der Waals surface area contributed by atoms with E-state index >= 15 is 0 Å². The lowest BCUT2D eigenvalue weighted by atomic mass is 10.2. The van der Waals surface area contributed by atoms with E-state index in [4.69, 9.17) is 17.0 Å². The number of halogens is 2. The zero-order valence-corrected chi connectivity index (χ0v) is 15.1. The molecule has 0 aliphatic carbocycles. The number of aromatic nitrogens is 3. The Kier molecular flexibility index (Phi) is 5.49. The minimum absolute atomic E-state index is 0.439. The SMILES string of the molecule is C=CCOc1c(Br)cc(/C=N\n2c(C)n[nH]c2=S)cc1Br. The van der Waals surface area contributed by atoms with Crippen molar-refractivity contribution >= 4 is 50.3 Å². The van der Waals surface area contributed by atoms with Crippen LogP contribution in [0.5, 0.6) is 5.75 Å². The number of benzene rings is 1. The number of nitrogens with zero attached hydrogens (tertiary/aromatic N) is 3. The molecular weight excluding hydrogens is 420 g/mol. The predicted octanol–water partition coefficient (Wildman–Crippen LogP) is 4.22. The molecule has 110 valence electrons. The van der Waals surface area contributed by atoms with Crippen molar-refractivity contribution in [3.63, 3.8) is 0 Å². The van der Waals surface area contributed by atoms with E-state index in [1.165, 1.54) is 0 Å². The Hall–Kier alpha value is -1.25. The van der Waals surface area contributed by atoms with E-state index in [2.05, 4.69) is 53.7 Å². The number of aromatic amines is 1. The summed E-state index contributed by atoms with van der Waals surface area (Å²) in [5.41, 5.74) is 0.891. The molecule has 0 aliphatic rings. The predicted molar refractivity (Wildman–Crippen MR) is 92.7 cm³/mol. The van der Waals surface area contributed by atoms with Crippen LogP contribution in [-0.4, -0.2) is 27.7 Å². The third kappa shape index (κ3) is 3.90. The highest BCUT2D eigenvalue weighted by atomic mass is 79.9. The van der Waals surface area contributed by atoms with Gasteiger partial charge in [-0.3, -0.25) is 5.10 Å². The van der Waals surface area contributed by atoms with Gasteiger partial charge >= 0.3 is 0 Å². The van der Waals surface area contributed by atoms with E-state index in [0.29, 0.717) is 17.2 Å². The molecule has 1 aromatic heterocycles. The molecule has 21 heavy (non-hydrogen) atoms.